The lowest BCUT2D eigenvalue weighted by molar-refractivity contribution is 0.301. The molecule has 11 heteroatoms. The summed E-state index contributed by atoms with van der Waals surface area (Å²) in [5, 5.41) is 19.2. The molecule has 0 bridgehead atoms. The molecule has 0 spiro atoms. The molecule has 1 fully saturated rings. The van der Waals surface area contributed by atoms with E-state index in [4.69, 9.17) is 11.5 Å². The first-order valence-corrected chi connectivity index (χ1v) is 11.2. The predicted molar refractivity (Wildman–Crippen MR) is 120 cm³/mol. The fraction of sp³-hybridized carbons (Fsp3) is 0.278. The lowest BCUT2D eigenvalue weighted by Gasteiger charge is -2.06. The van der Waals surface area contributed by atoms with Crippen molar-refractivity contribution in [3.05, 3.63) is 35.7 Å². The Morgan fingerprint density at radius 2 is 2.24 bits per heavy atom. The van der Waals surface area contributed by atoms with Crippen molar-refractivity contribution in [2.24, 2.45) is 0 Å². The number of hydrogen-bond donors (Lipinski definition) is 4. The number of nitrogens with one attached hydrogen (secondary N) is 3. The number of nitrogens with zero attached hydrogens (tertiary/aromatic N) is 3. The van der Waals surface area contributed by atoms with Crippen LogP contribution in [-0.4, -0.2) is 46.8 Å². The highest BCUT2D eigenvalue weighted by atomic mass is 32.2. The maximum Gasteiger partial charge on any atom is 0.250 e. The standard InChI is InChI=1S/C18H18N6O3S2.5H2/c1-2-11-10-19-18(14-5-6-16(28-14)29(26,27)20-7-8-25)22-17(11)21-15-9-13(23-24-15)12-3-4-12;;;;;/h1,5-6,9-10,12,20,25H,3-4,7-8H2,(H2,19,21,22,23,24);5*1H. The first kappa shape index (κ1) is 19.5. The first-order chi connectivity index (χ1) is 14.0. The second-order valence-electron chi connectivity index (χ2n) is 6.45. The van der Waals surface area contributed by atoms with Gasteiger partial charge in [-0.15, -0.1) is 17.8 Å². The Morgan fingerprint density at radius 3 is 2.97 bits per heavy atom. The summed E-state index contributed by atoms with van der Waals surface area (Å²) in [7, 11) is -3.69. The van der Waals surface area contributed by atoms with Crippen LogP contribution in [-0.2, 0) is 10.0 Å². The number of rotatable bonds is 8. The molecule has 4 N–H and O–H groups in total. The largest absolute Gasteiger partial charge is 0.395 e. The van der Waals surface area contributed by atoms with Crippen LogP contribution >= 0.6 is 11.3 Å². The Labute approximate surface area is 179 Å². The minimum Gasteiger partial charge on any atom is -0.395 e. The molecule has 4 rings (SSSR count). The molecule has 0 aromatic carbocycles. The maximum atomic E-state index is 12.2. The van der Waals surface area contributed by atoms with Crippen molar-refractivity contribution >= 4 is 33.0 Å². The lowest BCUT2D eigenvalue weighted by atomic mass is 10.3. The molecule has 1 aliphatic rings. The third kappa shape index (κ3) is 4.30. The average molecular weight is 441 g/mol. The minimum absolute atomic E-state index is 0. The van der Waals surface area contributed by atoms with E-state index in [1.165, 1.54) is 12.3 Å². The highest BCUT2D eigenvalue weighted by Crippen LogP contribution is 2.39. The number of aromatic nitrogens is 4. The van der Waals surface area contributed by atoms with Gasteiger partial charge in [-0.05, 0) is 25.0 Å². The Morgan fingerprint density at radius 1 is 1.41 bits per heavy atom. The first-order valence-electron chi connectivity index (χ1n) is 8.87. The molecule has 0 amide bonds. The van der Waals surface area contributed by atoms with Gasteiger partial charge < -0.3 is 10.4 Å². The van der Waals surface area contributed by atoms with Crippen LogP contribution in [0.1, 0.15) is 37.2 Å². The number of aliphatic hydroxyl groups excluding tert-OH is 1. The van der Waals surface area contributed by atoms with Gasteiger partial charge in [-0.2, -0.15) is 5.10 Å². The van der Waals surface area contributed by atoms with Crippen LogP contribution in [0.5, 0.6) is 0 Å². The van der Waals surface area contributed by atoms with Crippen molar-refractivity contribution in [1.29, 1.82) is 0 Å². The molecule has 0 saturated heterocycles. The molecule has 1 aliphatic carbocycles. The van der Waals surface area contributed by atoms with Gasteiger partial charge in [-0.3, -0.25) is 5.10 Å². The van der Waals surface area contributed by atoms with E-state index in [9.17, 15) is 8.42 Å². The van der Waals surface area contributed by atoms with Gasteiger partial charge in [0.05, 0.1) is 17.0 Å². The molecule has 3 heterocycles. The molecule has 160 valence electrons. The maximum absolute atomic E-state index is 12.2. The van der Waals surface area contributed by atoms with Crippen LogP contribution in [0.15, 0.2) is 28.6 Å². The van der Waals surface area contributed by atoms with Crippen LogP contribution in [0, 0.1) is 12.3 Å². The number of H-pyrrole nitrogens is 1. The highest BCUT2D eigenvalue weighted by molar-refractivity contribution is 7.91. The summed E-state index contributed by atoms with van der Waals surface area (Å²) in [5.74, 6) is 4.45. The summed E-state index contributed by atoms with van der Waals surface area (Å²) in [6.45, 7) is -0.331. The summed E-state index contributed by atoms with van der Waals surface area (Å²) < 4.78 is 26.8. The van der Waals surface area contributed by atoms with E-state index >= 15 is 0 Å². The van der Waals surface area contributed by atoms with Crippen LogP contribution in [0.25, 0.3) is 10.7 Å². The van der Waals surface area contributed by atoms with Crippen molar-refractivity contribution in [2.75, 3.05) is 18.5 Å². The molecule has 3 aromatic rings. The van der Waals surface area contributed by atoms with Gasteiger partial charge in [-0.1, -0.05) is 5.92 Å². The van der Waals surface area contributed by atoms with Gasteiger partial charge >= 0.3 is 0 Å². The summed E-state index contributed by atoms with van der Waals surface area (Å²) in [4.78, 5) is 9.30. The molecular formula is C18H28N6O3S2. The number of terminal acetylenes is 1. The number of sulfonamides is 1. The zero-order valence-corrected chi connectivity index (χ0v) is 16.8. The second kappa shape index (κ2) is 7.92. The van der Waals surface area contributed by atoms with E-state index in [2.05, 4.69) is 36.1 Å². The lowest BCUT2D eigenvalue weighted by Crippen LogP contribution is -2.25. The predicted octanol–water partition coefficient (Wildman–Crippen LogP) is 3.03. The Hall–Kier alpha value is -2.78. The van der Waals surface area contributed by atoms with Crippen molar-refractivity contribution in [3.63, 3.8) is 0 Å². The summed E-state index contributed by atoms with van der Waals surface area (Å²) in [5.41, 5.74) is 1.55. The van der Waals surface area contributed by atoms with Crippen LogP contribution in [0.4, 0.5) is 11.6 Å². The summed E-state index contributed by atoms with van der Waals surface area (Å²) in [6.07, 6.45) is 9.39. The van der Waals surface area contributed by atoms with E-state index in [-0.39, 0.29) is 24.5 Å². The fourth-order valence-corrected chi connectivity index (χ4v) is 4.98. The topological polar surface area (TPSA) is 133 Å². The van der Waals surface area contributed by atoms with Gasteiger partial charge in [0, 0.05) is 37.6 Å². The Balaban J connectivity index is 0. The summed E-state index contributed by atoms with van der Waals surface area (Å²) >= 11 is 1.03. The SMILES string of the molecule is C#Cc1cnc(-c2ccc(S(=O)(=O)NCCO)s2)nc1Nc1cc(C2CC2)[nH]n1.[HH].[HH].[HH].[HH].[HH]. The van der Waals surface area contributed by atoms with Crippen molar-refractivity contribution < 1.29 is 20.7 Å². The van der Waals surface area contributed by atoms with Gasteiger partial charge in [0.1, 0.15) is 4.21 Å². The van der Waals surface area contributed by atoms with Gasteiger partial charge in [0.2, 0.25) is 10.0 Å². The quantitative estimate of drug-likeness (QED) is 0.396. The van der Waals surface area contributed by atoms with Gasteiger partial charge in [-0.25, -0.2) is 23.1 Å². The molecule has 9 nitrogen and oxygen atoms in total. The number of hydrogen-bond acceptors (Lipinski definition) is 8. The minimum atomic E-state index is -3.69. The molecule has 0 unspecified atom stereocenters. The van der Waals surface area contributed by atoms with E-state index in [0.29, 0.717) is 33.8 Å². The van der Waals surface area contributed by atoms with E-state index in [1.54, 1.807) is 6.07 Å². The van der Waals surface area contributed by atoms with Crippen LogP contribution in [0.2, 0.25) is 0 Å². The second-order valence-corrected chi connectivity index (χ2v) is 9.53. The number of aromatic amines is 1. The monoisotopic (exact) mass is 440 g/mol. The van der Waals surface area contributed by atoms with E-state index in [1.807, 2.05) is 6.07 Å². The molecule has 0 atom stereocenters. The van der Waals surface area contributed by atoms with Crippen molar-refractivity contribution in [3.8, 4) is 23.0 Å². The average Bonchev–Trinajstić information content (AvgIpc) is 3.25. The normalized spacial score (nSPS) is 13.9. The third-order valence-electron chi connectivity index (χ3n) is 4.28. The molecule has 3 aromatic heterocycles. The fourth-order valence-electron chi connectivity index (χ4n) is 2.66. The van der Waals surface area contributed by atoms with Crippen LogP contribution < -0.4 is 10.0 Å². The number of aliphatic hydroxyl groups is 1. The smallest absolute Gasteiger partial charge is 0.250 e. The van der Waals surface area contributed by atoms with Gasteiger partial charge in [0.15, 0.2) is 17.5 Å². The van der Waals surface area contributed by atoms with E-state index < -0.39 is 10.0 Å². The van der Waals surface area contributed by atoms with Crippen molar-refractivity contribution in [2.45, 2.75) is 23.0 Å². The number of anilines is 2. The zero-order valence-electron chi connectivity index (χ0n) is 15.2. The molecule has 29 heavy (non-hydrogen) atoms. The Bertz CT molecular complexity index is 1190. The molecule has 1 saturated carbocycles. The number of thiophene rings is 1. The molecule has 0 radical (unpaired) electrons. The Kier molecular flexibility index (Phi) is 5.33. The molecular weight excluding hydrogens is 412 g/mol. The summed E-state index contributed by atoms with van der Waals surface area (Å²) in [6, 6.07) is 5.04. The van der Waals surface area contributed by atoms with Gasteiger partial charge in [0.25, 0.3) is 0 Å². The van der Waals surface area contributed by atoms with Crippen LogP contribution in [0.3, 0.4) is 0 Å². The zero-order chi connectivity index (χ0) is 20.4. The third-order valence-corrected chi connectivity index (χ3v) is 7.31. The highest BCUT2D eigenvalue weighted by Gasteiger charge is 2.25. The van der Waals surface area contributed by atoms with Crippen molar-refractivity contribution in [1.82, 2.24) is 24.9 Å². The van der Waals surface area contributed by atoms with E-state index in [0.717, 1.165) is 29.9 Å². The molecule has 0 aliphatic heterocycles.